The standard InChI is InChI=1S/C12H27BN2O3.CO2/c14-11(4-1-2-7-13(17)18)6-9-15-8-3-5-12(16)10-15;2-1-3/h11-12,16-18H,1-10,14H2;/t11-,12+;/m1./s1. The molecule has 0 aromatic heterocycles. The second-order valence-electron chi connectivity index (χ2n) is 5.49. The first-order chi connectivity index (χ1) is 9.99. The highest BCUT2D eigenvalue weighted by atomic mass is 16.4. The zero-order valence-electron chi connectivity index (χ0n) is 12.5. The van der Waals surface area contributed by atoms with Crippen LogP contribution in [0.2, 0.25) is 6.32 Å². The molecule has 1 rings (SSSR count). The molecule has 0 unspecified atom stereocenters. The van der Waals surface area contributed by atoms with E-state index in [-0.39, 0.29) is 18.3 Å². The van der Waals surface area contributed by atoms with Crippen LogP contribution in [-0.4, -0.2) is 65.1 Å². The van der Waals surface area contributed by atoms with E-state index in [4.69, 9.17) is 25.4 Å². The maximum absolute atomic E-state index is 9.55. The summed E-state index contributed by atoms with van der Waals surface area (Å²) in [7, 11) is -1.18. The fraction of sp³-hybridized carbons (Fsp3) is 0.923. The van der Waals surface area contributed by atoms with Gasteiger partial charge in [0.05, 0.1) is 6.10 Å². The van der Waals surface area contributed by atoms with Crippen LogP contribution >= 0.6 is 0 Å². The van der Waals surface area contributed by atoms with Crippen molar-refractivity contribution in [3.63, 3.8) is 0 Å². The van der Waals surface area contributed by atoms with Gasteiger partial charge in [0.15, 0.2) is 0 Å². The second kappa shape index (κ2) is 12.9. The van der Waals surface area contributed by atoms with E-state index >= 15 is 0 Å². The number of aliphatic hydroxyl groups excluding tert-OH is 1. The van der Waals surface area contributed by atoms with Gasteiger partial charge in [-0.15, -0.1) is 0 Å². The summed E-state index contributed by atoms with van der Waals surface area (Å²) in [6.07, 6.45) is 6.16. The average molecular weight is 302 g/mol. The normalized spacial score (nSPS) is 20.1. The van der Waals surface area contributed by atoms with Gasteiger partial charge in [0, 0.05) is 12.6 Å². The van der Waals surface area contributed by atoms with Crippen LogP contribution < -0.4 is 5.73 Å². The van der Waals surface area contributed by atoms with E-state index in [9.17, 15) is 5.11 Å². The first kappa shape index (κ1) is 20.2. The van der Waals surface area contributed by atoms with Crippen LogP contribution in [0, 0.1) is 0 Å². The minimum Gasteiger partial charge on any atom is -0.427 e. The lowest BCUT2D eigenvalue weighted by atomic mass is 9.83. The average Bonchev–Trinajstić information content (AvgIpc) is 2.42. The molecule has 1 saturated heterocycles. The molecule has 0 aliphatic carbocycles. The number of unbranched alkanes of at least 4 members (excludes halogenated alkanes) is 1. The number of aliphatic hydroxyl groups is 1. The Hall–Kier alpha value is -0.755. The monoisotopic (exact) mass is 302 g/mol. The van der Waals surface area contributed by atoms with E-state index in [1.54, 1.807) is 0 Å². The molecule has 0 saturated carbocycles. The highest BCUT2D eigenvalue weighted by Gasteiger charge is 2.17. The van der Waals surface area contributed by atoms with Crippen molar-refractivity contribution >= 4 is 13.3 Å². The van der Waals surface area contributed by atoms with Gasteiger partial charge in [0.1, 0.15) is 0 Å². The molecule has 1 heterocycles. The third-order valence-electron chi connectivity index (χ3n) is 3.58. The third kappa shape index (κ3) is 12.7. The molecule has 0 bridgehead atoms. The number of likely N-dealkylation sites (tertiary alicyclic amines) is 1. The summed E-state index contributed by atoms with van der Waals surface area (Å²) >= 11 is 0. The number of hydrogen-bond acceptors (Lipinski definition) is 7. The Kier molecular flexibility index (Phi) is 12.5. The van der Waals surface area contributed by atoms with Crippen molar-refractivity contribution in [2.45, 2.75) is 57.0 Å². The van der Waals surface area contributed by atoms with Crippen molar-refractivity contribution < 1.29 is 24.7 Å². The van der Waals surface area contributed by atoms with Crippen molar-refractivity contribution in [1.29, 1.82) is 0 Å². The van der Waals surface area contributed by atoms with Crippen molar-refractivity contribution in [1.82, 2.24) is 4.90 Å². The van der Waals surface area contributed by atoms with Crippen molar-refractivity contribution in [3.8, 4) is 0 Å². The molecule has 2 atom stereocenters. The molecule has 0 radical (unpaired) electrons. The van der Waals surface area contributed by atoms with Crippen LogP contribution in [0.3, 0.4) is 0 Å². The number of β-amino-alcohol motifs (C(OH)–C–C–N with tert-alkyl or cyclic N) is 1. The number of nitrogens with zero attached hydrogens (tertiary/aromatic N) is 1. The Morgan fingerprint density at radius 2 is 1.95 bits per heavy atom. The lowest BCUT2D eigenvalue weighted by Crippen LogP contribution is -2.40. The minimum absolute atomic E-state index is 0.166. The van der Waals surface area contributed by atoms with Crippen LogP contribution in [0.4, 0.5) is 0 Å². The third-order valence-corrected chi connectivity index (χ3v) is 3.58. The Morgan fingerprint density at radius 1 is 1.29 bits per heavy atom. The van der Waals surface area contributed by atoms with E-state index in [1.807, 2.05) is 0 Å². The fourth-order valence-corrected chi connectivity index (χ4v) is 2.46. The summed E-state index contributed by atoms with van der Waals surface area (Å²) in [4.78, 5) is 18.5. The molecule has 0 aromatic rings. The van der Waals surface area contributed by atoms with Gasteiger partial charge >= 0.3 is 13.3 Å². The molecule has 8 heteroatoms. The number of carbonyl (C=O) groups excluding carboxylic acids is 2. The van der Waals surface area contributed by atoms with Crippen LogP contribution in [0.5, 0.6) is 0 Å². The van der Waals surface area contributed by atoms with Gasteiger partial charge in [-0.1, -0.05) is 12.8 Å². The number of piperidine rings is 1. The van der Waals surface area contributed by atoms with Gasteiger partial charge in [0.25, 0.3) is 0 Å². The first-order valence-corrected chi connectivity index (χ1v) is 7.51. The van der Waals surface area contributed by atoms with E-state index < -0.39 is 7.12 Å². The quantitative estimate of drug-likeness (QED) is 0.342. The van der Waals surface area contributed by atoms with Gasteiger partial charge in [-0.25, -0.2) is 0 Å². The molecule has 21 heavy (non-hydrogen) atoms. The number of nitrogens with two attached hydrogens (primary N) is 1. The zero-order valence-corrected chi connectivity index (χ0v) is 12.5. The van der Waals surface area contributed by atoms with Gasteiger partial charge in [-0.2, -0.15) is 9.59 Å². The lowest BCUT2D eigenvalue weighted by molar-refractivity contribution is -0.191. The SMILES string of the molecule is N[C@H](CCCCB(O)O)CCN1CCC[C@H](O)C1.O=C=O. The highest BCUT2D eigenvalue weighted by Crippen LogP contribution is 2.12. The zero-order chi connectivity index (χ0) is 16.1. The Morgan fingerprint density at radius 3 is 2.52 bits per heavy atom. The van der Waals surface area contributed by atoms with E-state index in [1.165, 1.54) is 0 Å². The molecule has 122 valence electrons. The predicted octanol–water partition coefficient (Wildman–Crippen LogP) is -0.780. The van der Waals surface area contributed by atoms with Gasteiger partial charge < -0.3 is 25.8 Å². The molecule has 0 amide bonds. The molecular formula is C13H27BN2O5. The molecular weight excluding hydrogens is 275 g/mol. The smallest absolute Gasteiger partial charge is 0.427 e. The van der Waals surface area contributed by atoms with Crippen molar-refractivity contribution in [2.75, 3.05) is 19.6 Å². The first-order valence-electron chi connectivity index (χ1n) is 7.51. The number of hydrogen-bond donors (Lipinski definition) is 4. The minimum atomic E-state index is -1.18. The lowest BCUT2D eigenvalue weighted by Gasteiger charge is -2.30. The second-order valence-corrected chi connectivity index (χ2v) is 5.49. The van der Waals surface area contributed by atoms with Crippen molar-refractivity contribution in [3.05, 3.63) is 0 Å². The maximum atomic E-state index is 9.55. The molecule has 0 spiro atoms. The van der Waals surface area contributed by atoms with Crippen LogP contribution in [-0.2, 0) is 9.59 Å². The molecule has 0 aromatic carbocycles. The summed E-state index contributed by atoms with van der Waals surface area (Å²) in [5, 5.41) is 27.0. The predicted molar refractivity (Wildman–Crippen MR) is 78.1 cm³/mol. The molecule has 1 fully saturated rings. The molecule has 7 nitrogen and oxygen atoms in total. The summed E-state index contributed by atoms with van der Waals surface area (Å²) < 4.78 is 0. The Labute approximate surface area is 126 Å². The fourth-order valence-electron chi connectivity index (χ4n) is 2.46. The summed E-state index contributed by atoms with van der Waals surface area (Å²) in [5.41, 5.74) is 6.03. The van der Waals surface area contributed by atoms with E-state index in [2.05, 4.69) is 4.90 Å². The summed E-state index contributed by atoms with van der Waals surface area (Å²) in [6.45, 7) is 2.81. The maximum Gasteiger partial charge on any atom is 0.451 e. The summed E-state index contributed by atoms with van der Waals surface area (Å²) in [5.74, 6) is 0. The Balaban J connectivity index is 0.00000122. The van der Waals surface area contributed by atoms with E-state index in [0.29, 0.717) is 6.32 Å². The van der Waals surface area contributed by atoms with Gasteiger partial charge in [0.2, 0.25) is 0 Å². The van der Waals surface area contributed by atoms with Gasteiger partial charge in [-0.05, 0) is 45.1 Å². The molecule has 1 aliphatic rings. The van der Waals surface area contributed by atoms with E-state index in [0.717, 1.165) is 58.2 Å². The Bertz CT molecular complexity index is 288. The van der Waals surface area contributed by atoms with Crippen LogP contribution in [0.25, 0.3) is 0 Å². The van der Waals surface area contributed by atoms with Crippen LogP contribution in [0.1, 0.15) is 38.5 Å². The van der Waals surface area contributed by atoms with Gasteiger partial charge in [-0.3, -0.25) is 0 Å². The number of rotatable bonds is 8. The summed E-state index contributed by atoms with van der Waals surface area (Å²) in [6, 6.07) is 0.180. The molecule has 5 N–H and O–H groups in total. The molecule has 1 aliphatic heterocycles. The largest absolute Gasteiger partial charge is 0.451 e. The van der Waals surface area contributed by atoms with Crippen LogP contribution in [0.15, 0.2) is 0 Å². The highest BCUT2D eigenvalue weighted by molar-refractivity contribution is 6.40. The topological polar surface area (TPSA) is 124 Å². The van der Waals surface area contributed by atoms with Crippen molar-refractivity contribution in [2.24, 2.45) is 5.73 Å².